The van der Waals surface area contributed by atoms with E-state index >= 15 is 0 Å². The van der Waals surface area contributed by atoms with Gasteiger partial charge in [0.05, 0.1) is 21.1 Å². The molecule has 0 spiro atoms. The summed E-state index contributed by atoms with van der Waals surface area (Å²) in [5.41, 5.74) is 4.19. The lowest BCUT2D eigenvalue weighted by atomic mass is 10.1. The molecule has 0 atom stereocenters. The Morgan fingerprint density at radius 2 is 1.83 bits per heavy atom. The molecular weight excluding hydrogens is 437 g/mol. The Balaban J connectivity index is 1.57. The van der Waals surface area contributed by atoms with Crippen LogP contribution >= 0.6 is 35.0 Å². The number of nitrogens with zero attached hydrogens (tertiary/aromatic N) is 2. The first-order valence-corrected chi connectivity index (χ1v) is 10.9. The van der Waals surface area contributed by atoms with Gasteiger partial charge >= 0.3 is 0 Å². The van der Waals surface area contributed by atoms with E-state index in [-0.39, 0.29) is 5.91 Å². The number of anilines is 1. The molecule has 0 saturated carbocycles. The molecule has 0 unspecified atom stereocenters. The summed E-state index contributed by atoms with van der Waals surface area (Å²) in [6, 6.07) is 16.8. The minimum atomic E-state index is -0.189. The van der Waals surface area contributed by atoms with Gasteiger partial charge in [0.15, 0.2) is 0 Å². The Bertz CT molecular complexity index is 1250. The van der Waals surface area contributed by atoms with Gasteiger partial charge in [-0.3, -0.25) is 9.78 Å². The highest BCUT2D eigenvalue weighted by molar-refractivity contribution is 7.98. The van der Waals surface area contributed by atoms with E-state index in [1.807, 2.05) is 43.3 Å². The first kappa shape index (κ1) is 20.7. The number of benzene rings is 2. The molecule has 0 fully saturated rings. The lowest BCUT2D eigenvalue weighted by Gasteiger charge is -2.11. The summed E-state index contributed by atoms with van der Waals surface area (Å²) in [4.78, 5) is 21.6. The van der Waals surface area contributed by atoms with Crippen molar-refractivity contribution in [2.45, 2.75) is 17.7 Å². The Morgan fingerprint density at radius 1 is 1.00 bits per heavy atom. The smallest absolute Gasteiger partial charge is 0.258 e. The van der Waals surface area contributed by atoms with Crippen molar-refractivity contribution in [1.82, 2.24) is 9.97 Å². The van der Waals surface area contributed by atoms with Crippen LogP contribution in [-0.2, 0) is 5.75 Å². The number of amides is 1. The second-order valence-corrected chi connectivity index (χ2v) is 8.50. The summed E-state index contributed by atoms with van der Waals surface area (Å²) in [5, 5.41) is 5.50. The summed E-state index contributed by atoms with van der Waals surface area (Å²) in [5.74, 6) is 0.421. The van der Waals surface area contributed by atoms with E-state index in [2.05, 4.69) is 15.3 Å². The maximum atomic E-state index is 12.8. The fraction of sp³-hybridized carbons (Fsp3) is 0.0870. The predicted octanol–water partition coefficient (Wildman–Crippen LogP) is 6.79. The van der Waals surface area contributed by atoms with Crippen LogP contribution in [-0.4, -0.2) is 15.9 Å². The molecule has 2 heterocycles. The molecule has 2 aromatic heterocycles. The van der Waals surface area contributed by atoms with Crippen LogP contribution in [0.15, 0.2) is 72.0 Å². The highest BCUT2D eigenvalue weighted by Gasteiger charge is 2.14. The third-order valence-corrected chi connectivity index (χ3v) is 6.31. The highest BCUT2D eigenvalue weighted by atomic mass is 35.5. The van der Waals surface area contributed by atoms with E-state index in [4.69, 9.17) is 23.2 Å². The average molecular weight is 454 g/mol. The molecule has 0 aliphatic heterocycles. The van der Waals surface area contributed by atoms with Crippen LogP contribution in [0.5, 0.6) is 0 Å². The molecule has 7 heteroatoms. The quantitative estimate of drug-likeness (QED) is 0.338. The molecule has 0 aliphatic carbocycles. The molecule has 0 saturated heterocycles. The Hall–Kier alpha value is -2.60. The monoisotopic (exact) mass is 453 g/mol. The van der Waals surface area contributed by atoms with Crippen LogP contribution in [0.3, 0.4) is 0 Å². The van der Waals surface area contributed by atoms with Crippen molar-refractivity contribution in [3.63, 3.8) is 0 Å². The number of thioether (sulfide) groups is 1. The largest absolute Gasteiger partial charge is 0.322 e. The van der Waals surface area contributed by atoms with Crippen LogP contribution in [0.4, 0.5) is 5.69 Å². The molecule has 4 nitrogen and oxygen atoms in total. The van der Waals surface area contributed by atoms with Gasteiger partial charge in [0.1, 0.15) is 5.03 Å². The Labute approximate surface area is 188 Å². The predicted molar refractivity (Wildman–Crippen MR) is 125 cm³/mol. The number of pyridine rings is 2. The van der Waals surface area contributed by atoms with Gasteiger partial charge in [-0.25, -0.2) is 4.98 Å². The van der Waals surface area contributed by atoms with Crippen LogP contribution < -0.4 is 5.32 Å². The number of halogens is 2. The number of hydrogen-bond acceptors (Lipinski definition) is 4. The molecule has 150 valence electrons. The fourth-order valence-electron chi connectivity index (χ4n) is 3.07. The number of fused-ring (bicyclic) bond motifs is 1. The van der Waals surface area contributed by atoms with Crippen LogP contribution in [0, 0.1) is 6.92 Å². The van der Waals surface area contributed by atoms with Crippen molar-refractivity contribution < 1.29 is 4.79 Å². The van der Waals surface area contributed by atoms with E-state index in [0.717, 1.165) is 27.7 Å². The molecule has 2 aromatic carbocycles. The molecule has 4 rings (SSSR count). The summed E-state index contributed by atoms with van der Waals surface area (Å²) >= 11 is 13.8. The standard InChI is InChI=1S/C23H17Cl2N3OS/c1-14-4-2-5-16(10-14)28-22(29)17-6-3-8-27-23(17)30-13-15-7-9-26-21-12-20(25)19(24)11-18(15)21/h2-12H,13H2,1H3,(H,28,29). The lowest BCUT2D eigenvalue weighted by Crippen LogP contribution is -2.13. The molecular formula is C23H17Cl2N3OS. The first-order chi connectivity index (χ1) is 14.5. The molecule has 1 N–H and O–H groups in total. The Kier molecular flexibility index (Phi) is 6.23. The number of aromatic nitrogens is 2. The third kappa shape index (κ3) is 4.59. The third-order valence-electron chi connectivity index (χ3n) is 4.53. The normalized spacial score (nSPS) is 10.9. The van der Waals surface area contributed by atoms with E-state index in [1.165, 1.54) is 11.8 Å². The number of aryl methyl sites for hydroxylation is 1. The van der Waals surface area contributed by atoms with Gasteiger partial charge in [0, 0.05) is 29.2 Å². The summed E-state index contributed by atoms with van der Waals surface area (Å²) in [6.07, 6.45) is 3.43. The molecule has 4 aromatic rings. The van der Waals surface area contributed by atoms with Crippen molar-refractivity contribution in [1.29, 1.82) is 0 Å². The second kappa shape index (κ2) is 9.04. The van der Waals surface area contributed by atoms with E-state index in [9.17, 15) is 4.79 Å². The van der Waals surface area contributed by atoms with Gasteiger partial charge in [0.2, 0.25) is 0 Å². The molecule has 30 heavy (non-hydrogen) atoms. The zero-order valence-electron chi connectivity index (χ0n) is 16.0. The van der Waals surface area contributed by atoms with Gasteiger partial charge in [-0.2, -0.15) is 0 Å². The van der Waals surface area contributed by atoms with Crippen molar-refractivity contribution in [3.8, 4) is 0 Å². The minimum absolute atomic E-state index is 0.189. The van der Waals surface area contributed by atoms with Gasteiger partial charge in [-0.05, 0) is 60.5 Å². The number of carbonyl (C=O) groups is 1. The van der Waals surface area contributed by atoms with Crippen LogP contribution in [0.25, 0.3) is 10.9 Å². The molecule has 0 bridgehead atoms. The minimum Gasteiger partial charge on any atom is -0.322 e. The van der Waals surface area contributed by atoms with Gasteiger partial charge in [-0.1, -0.05) is 35.3 Å². The lowest BCUT2D eigenvalue weighted by molar-refractivity contribution is 0.102. The topological polar surface area (TPSA) is 54.9 Å². The molecule has 1 amide bonds. The molecule has 0 radical (unpaired) electrons. The van der Waals surface area contributed by atoms with Crippen molar-refractivity contribution in [2.75, 3.05) is 5.32 Å². The molecule has 0 aliphatic rings. The number of rotatable bonds is 5. The SMILES string of the molecule is Cc1cccc(NC(=O)c2cccnc2SCc2ccnc3cc(Cl)c(Cl)cc23)c1. The van der Waals surface area contributed by atoms with E-state index in [0.29, 0.717) is 26.4 Å². The van der Waals surface area contributed by atoms with E-state index < -0.39 is 0 Å². The van der Waals surface area contributed by atoms with Crippen LogP contribution in [0.1, 0.15) is 21.5 Å². The van der Waals surface area contributed by atoms with Crippen molar-refractivity contribution in [3.05, 3.63) is 93.7 Å². The number of carbonyl (C=O) groups excluding carboxylic acids is 1. The fourth-order valence-corrected chi connectivity index (χ4v) is 4.39. The Morgan fingerprint density at radius 3 is 2.67 bits per heavy atom. The maximum Gasteiger partial charge on any atom is 0.258 e. The van der Waals surface area contributed by atoms with Gasteiger partial charge in [-0.15, -0.1) is 11.8 Å². The number of hydrogen-bond donors (Lipinski definition) is 1. The average Bonchev–Trinajstić information content (AvgIpc) is 2.73. The summed E-state index contributed by atoms with van der Waals surface area (Å²) < 4.78 is 0. The van der Waals surface area contributed by atoms with Gasteiger partial charge < -0.3 is 5.32 Å². The highest BCUT2D eigenvalue weighted by Crippen LogP contribution is 2.32. The zero-order chi connectivity index (χ0) is 21.1. The first-order valence-electron chi connectivity index (χ1n) is 9.20. The number of nitrogens with one attached hydrogen (secondary N) is 1. The summed E-state index contributed by atoms with van der Waals surface area (Å²) in [7, 11) is 0. The maximum absolute atomic E-state index is 12.8. The van der Waals surface area contributed by atoms with Gasteiger partial charge in [0.25, 0.3) is 5.91 Å². The van der Waals surface area contributed by atoms with Crippen LogP contribution in [0.2, 0.25) is 10.0 Å². The summed E-state index contributed by atoms with van der Waals surface area (Å²) in [6.45, 7) is 1.99. The van der Waals surface area contributed by atoms with Crippen molar-refractivity contribution >= 4 is 57.5 Å². The van der Waals surface area contributed by atoms with Crippen molar-refractivity contribution in [2.24, 2.45) is 0 Å². The zero-order valence-corrected chi connectivity index (χ0v) is 18.4. The second-order valence-electron chi connectivity index (χ2n) is 6.72. The van der Waals surface area contributed by atoms with E-state index in [1.54, 1.807) is 30.6 Å².